The lowest BCUT2D eigenvalue weighted by atomic mass is 10.1. The van der Waals surface area contributed by atoms with Gasteiger partial charge in [-0.3, -0.25) is 9.59 Å². The number of nitrogens with zero attached hydrogens (tertiary/aromatic N) is 1. The van der Waals surface area contributed by atoms with Crippen LogP contribution in [-0.4, -0.2) is 80.6 Å². The maximum Gasteiger partial charge on any atom is 0.362 e. The normalized spacial score (nSPS) is 13.9. The van der Waals surface area contributed by atoms with Crippen molar-refractivity contribution in [1.29, 1.82) is 0 Å². The van der Waals surface area contributed by atoms with Gasteiger partial charge in [0.1, 0.15) is 6.61 Å². The van der Waals surface area contributed by atoms with Gasteiger partial charge in [0.25, 0.3) is 0 Å². The molecule has 2 unspecified atom stereocenters. The third-order valence-corrected chi connectivity index (χ3v) is 10.5. The number of likely N-dealkylation sites (N-methyl/N-ethyl adjacent to an activating group) is 1. The standard InChI is InChI=1S/C57H91NO7/c1-6-8-10-12-14-16-18-20-22-24-26-27-28-29-30-32-33-35-37-39-41-43-45-47-55(59)64-52-53(51-63-50-49-54(57(61)62)58(3,4)5)65-56(60)48-46-44-42-40-38-36-34-31-25-23-21-19-17-15-13-11-9-7-2/h8,10-11,13-17,19-23,25-27,29-31,34,53-54H,6-7,9,12,18,24,28,32-33,35-52H2,1-5H3/p+1/b10-8+,13-11+,16-14+,17-15+,21-19+,22-20+,25-23+,27-26+,30-29+,34-31+. The highest BCUT2D eigenvalue weighted by Crippen LogP contribution is 2.13. The fourth-order valence-corrected chi connectivity index (χ4v) is 6.62. The number of aliphatic carboxylic acids is 1. The maximum atomic E-state index is 12.8. The molecule has 0 amide bonds. The number of rotatable bonds is 43. The van der Waals surface area contributed by atoms with Gasteiger partial charge in [-0.05, 0) is 77.0 Å². The van der Waals surface area contributed by atoms with Crippen LogP contribution in [0.2, 0.25) is 0 Å². The number of hydrogen-bond acceptors (Lipinski definition) is 6. The second-order valence-corrected chi connectivity index (χ2v) is 17.5. The van der Waals surface area contributed by atoms with Crippen molar-refractivity contribution in [3.8, 4) is 0 Å². The summed E-state index contributed by atoms with van der Waals surface area (Å²) < 4.78 is 17.3. The molecule has 0 aromatic carbocycles. The molecule has 0 rings (SSSR count). The van der Waals surface area contributed by atoms with E-state index in [-0.39, 0.29) is 36.2 Å². The summed E-state index contributed by atoms with van der Waals surface area (Å²) in [5.41, 5.74) is 0. The number of hydrogen-bond donors (Lipinski definition) is 1. The summed E-state index contributed by atoms with van der Waals surface area (Å²) in [6.07, 6.45) is 65.2. The van der Waals surface area contributed by atoms with Gasteiger partial charge in [0, 0.05) is 19.3 Å². The van der Waals surface area contributed by atoms with E-state index in [1.165, 1.54) is 25.7 Å². The smallest absolute Gasteiger partial charge is 0.362 e. The number of quaternary nitrogens is 1. The Balaban J connectivity index is 4.36. The van der Waals surface area contributed by atoms with E-state index >= 15 is 0 Å². The van der Waals surface area contributed by atoms with Crippen LogP contribution in [0.25, 0.3) is 0 Å². The van der Waals surface area contributed by atoms with Crippen LogP contribution >= 0.6 is 0 Å². The average molecular weight is 903 g/mol. The summed E-state index contributed by atoms with van der Waals surface area (Å²) in [5.74, 6) is -1.53. The minimum Gasteiger partial charge on any atom is -0.477 e. The quantitative estimate of drug-likeness (QED) is 0.0214. The van der Waals surface area contributed by atoms with Crippen LogP contribution in [0.3, 0.4) is 0 Å². The molecule has 0 spiro atoms. The summed E-state index contributed by atoms with van der Waals surface area (Å²) in [6, 6.07) is -0.630. The van der Waals surface area contributed by atoms with Gasteiger partial charge < -0.3 is 23.8 Å². The summed E-state index contributed by atoms with van der Waals surface area (Å²) in [6.45, 7) is 4.48. The van der Waals surface area contributed by atoms with Crippen molar-refractivity contribution in [3.63, 3.8) is 0 Å². The summed E-state index contributed by atoms with van der Waals surface area (Å²) in [7, 11) is 5.51. The number of carboxylic acid groups (broad SMARTS) is 1. The lowest BCUT2D eigenvalue weighted by Crippen LogP contribution is -2.50. The molecule has 1 N–H and O–H groups in total. The fourth-order valence-electron chi connectivity index (χ4n) is 6.62. The van der Waals surface area contributed by atoms with Crippen LogP contribution in [0.5, 0.6) is 0 Å². The summed E-state index contributed by atoms with van der Waals surface area (Å²) in [5, 5.41) is 9.65. The first-order valence-electron chi connectivity index (χ1n) is 25.1. The van der Waals surface area contributed by atoms with Crippen LogP contribution in [0.1, 0.15) is 168 Å². The van der Waals surface area contributed by atoms with Crippen molar-refractivity contribution in [1.82, 2.24) is 0 Å². The molecule has 0 aliphatic carbocycles. The van der Waals surface area contributed by atoms with E-state index in [0.29, 0.717) is 19.3 Å². The Hall–Kier alpha value is -4.27. The molecule has 0 bridgehead atoms. The van der Waals surface area contributed by atoms with E-state index < -0.39 is 18.1 Å². The number of allylic oxidation sites excluding steroid dienone is 20. The Morgan fingerprint density at radius 2 is 0.923 bits per heavy atom. The Bertz CT molecular complexity index is 1470. The van der Waals surface area contributed by atoms with Crippen molar-refractivity contribution < 1.29 is 38.2 Å². The molecule has 8 heteroatoms. The number of carbonyl (C=O) groups excluding carboxylic acids is 2. The predicted octanol–water partition coefficient (Wildman–Crippen LogP) is 14.6. The van der Waals surface area contributed by atoms with Crippen molar-refractivity contribution in [2.45, 2.75) is 180 Å². The number of unbranched alkanes of at least 4 members (excludes halogenated alkanes) is 13. The van der Waals surface area contributed by atoms with E-state index in [0.717, 1.165) is 109 Å². The van der Waals surface area contributed by atoms with Gasteiger partial charge in [0.15, 0.2) is 12.1 Å². The van der Waals surface area contributed by atoms with Gasteiger partial charge in [-0.2, -0.15) is 0 Å². The maximum absolute atomic E-state index is 12.8. The molecular formula is C57H92NO7+. The van der Waals surface area contributed by atoms with Crippen LogP contribution in [0.15, 0.2) is 122 Å². The lowest BCUT2D eigenvalue weighted by Gasteiger charge is -2.31. The second kappa shape index (κ2) is 46.3. The predicted molar refractivity (Wildman–Crippen MR) is 275 cm³/mol. The van der Waals surface area contributed by atoms with Gasteiger partial charge in [-0.15, -0.1) is 0 Å². The molecule has 65 heavy (non-hydrogen) atoms. The van der Waals surface area contributed by atoms with Gasteiger partial charge in [0.05, 0.1) is 34.4 Å². The van der Waals surface area contributed by atoms with Gasteiger partial charge in [0.2, 0.25) is 0 Å². The molecule has 0 aromatic heterocycles. The molecule has 0 fully saturated rings. The van der Waals surface area contributed by atoms with E-state index in [1.807, 2.05) is 57.6 Å². The molecule has 0 saturated carbocycles. The largest absolute Gasteiger partial charge is 0.477 e. The van der Waals surface area contributed by atoms with Crippen molar-refractivity contribution >= 4 is 17.9 Å². The Labute approximate surface area is 397 Å². The first-order chi connectivity index (χ1) is 31.6. The zero-order valence-corrected chi connectivity index (χ0v) is 41.6. The number of ether oxygens (including phenoxy) is 3. The minimum atomic E-state index is -0.887. The van der Waals surface area contributed by atoms with Crippen molar-refractivity contribution in [2.24, 2.45) is 0 Å². The highest BCUT2D eigenvalue weighted by atomic mass is 16.6. The average Bonchev–Trinajstić information content (AvgIpc) is 3.27. The van der Waals surface area contributed by atoms with E-state index in [2.05, 4.69) is 98.9 Å². The first kappa shape index (κ1) is 60.7. The van der Waals surface area contributed by atoms with Gasteiger partial charge in [-0.1, -0.05) is 193 Å². The molecule has 2 atom stereocenters. The number of carboxylic acids is 1. The summed E-state index contributed by atoms with van der Waals surface area (Å²) in [4.78, 5) is 37.2. The molecule has 0 heterocycles. The van der Waals surface area contributed by atoms with E-state index in [1.54, 1.807) is 0 Å². The SMILES string of the molecule is CC/C=C/C/C=C/C/C=C/C/C=C/C/C=C/CCCCCCCCCC(=O)OCC(COCCC(C(=O)O)[N+](C)(C)C)OC(=O)CCCCCCC/C=C/C=C/C=C/C=C/C=C/CCC. The number of esters is 2. The topological polar surface area (TPSA) is 99.1 Å². The number of carbonyl (C=O) groups is 3. The first-order valence-corrected chi connectivity index (χ1v) is 25.1. The molecule has 0 aromatic rings. The van der Waals surface area contributed by atoms with E-state index in [4.69, 9.17) is 14.2 Å². The third kappa shape index (κ3) is 44.7. The van der Waals surface area contributed by atoms with Gasteiger partial charge in [-0.25, -0.2) is 4.79 Å². The zero-order chi connectivity index (χ0) is 47.7. The molecule has 8 nitrogen and oxygen atoms in total. The molecular weight excluding hydrogens is 811 g/mol. The highest BCUT2D eigenvalue weighted by molar-refractivity contribution is 5.72. The molecule has 0 saturated heterocycles. The highest BCUT2D eigenvalue weighted by Gasteiger charge is 2.31. The van der Waals surface area contributed by atoms with Gasteiger partial charge >= 0.3 is 17.9 Å². The lowest BCUT2D eigenvalue weighted by molar-refractivity contribution is -0.887. The molecule has 0 aliphatic heterocycles. The Morgan fingerprint density at radius 3 is 1.42 bits per heavy atom. The Kier molecular flexibility index (Phi) is 43.2. The van der Waals surface area contributed by atoms with Crippen LogP contribution in [0, 0.1) is 0 Å². The summed E-state index contributed by atoms with van der Waals surface area (Å²) >= 11 is 0. The third-order valence-electron chi connectivity index (χ3n) is 10.5. The monoisotopic (exact) mass is 903 g/mol. The second-order valence-electron chi connectivity index (χ2n) is 17.5. The van der Waals surface area contributed by atoms with Crippen molar-refractivity contribution in [2.75, 3.05) is 41.0 Å². The van der Waals surface area contributed by atoms with Crippen molar-refractivity contribution in [3.05, 3.63) is 122 Å². The Morgan fingerprint density at radius 1 is 0.492 bits per heavy atom. The molecule has 0 aliphatic rings. The van der Waals surface area contributed by atoms with Crippen LogP contribution in [-0.2, 0) is 28.6 Å². The van der Waals surface area contributed by atoms with E-state index in [9.17, 15) is 19.5 Å². The molecule has 366 valence electrons. The minimum absolute atomic E-state index is 0.0380. The zero-order valence-electron chi connectivity index (χ0n) is 41.6. The van der Waals surface area contributed by atoms with Crippen LogP contribution < -0.4 is 0 Å². The fraction of sp³-hybridized carbons (Fsp3) is 0.596. The van der Waals surface area contributed by atoms with Crippen LogP contribution in [0.4, 0.5) is 0 Å². The molecule has 0 radical (unpaired) electrons.